The monoisotopic (exact) mass is 361 g/mol. The molecule has 0 aromatic heterocycles. The minimum Gasteiger partial charge on any atom is -0.494 e. The summed E-state index contributed by atoms with van der Waals surface area (Å²) in [5, 5.41) is 8.96. The van der Waals surface area contributed by atoms with Gasteiger partial charge in [0, 0.05) is 11.8 Å². The van der Waals surface area contributed by atoms with Crippen molar-refractivity contribution in [2.45, 2.75) is 6.61 Å². The highest BCUT2D eigenvalue weighted by Gasteiger charge is 2.05. The lowest BCUT2D eigenvalue weighted by Gasteiger charge is -2.09. The zero-order valence-electron chi connectivity index (χ0n) is 14.8. The number of para-hydroxylation sites is 3. The van der Waals surface area contributed by atoms with Crippen LogP contribution in [0.4, 0.5) is 5.69 Å². The van der Waals surface area contributed by atoms with Crippen molar-refractivity contribution in [3.8, 4) is 11.5 Å². The van der Waals surface area contributed by atoms with E-state index in [4.69, 9.17) is 14.6 Å². The zero-order chi connectivity index (χ0) is 19.1. The Labute approximate surface area is 157 Å². The normalized spacial score (nSPS) is 10.7. The number of carboxylic acids is 1. The number of carbonyl (C=O) groups is 1. The van der Waals surface area contributed by atoms with Gasteiger partial charge in [0.2, 0.25) is 0 Å². The van der Waals surface area contributed by atoms with Crippen molar-refractivity contribution in [1.29, 1.82) is 0 Å². The molecule has 3 aromatic carbocycles. The number of aliphatic imine (C=N–C) groups is 1. The molecule has 27 heavy (non-hydrogen) atoms. The predicted molar refractivity (Wildman–Crippen MR) is 104 cm³/mol. The Kier molecular flexibility index (Phi) is 5.84. The van der Waals surface area contributed by atoms with Crippen LogP contribution >= 0.6 is 0 Å². The van der Waals surface area contributed by atoms with Gasteiger partial charge in [0.25, 0.3) is 0 Å². The molecule has 0 aliphatic rings. The SMILES string of the molecule is COc1ccccc1N=Cc1ccccc1OCc1ccc(C(=O)O)cc1. The van der Waals surface area contributed by atoms with Crippen LogP contribution < -0.4 is 9.47 Å². The van der Waals surface area contributed by atoms with E-state index in [1.807, 2.05) is 48.5 Å². The number of hydrogen-bond donors (Lipinski definition) is 1. The predicted octanol–water partition coefficient (Wildman–Crippen LogP) is 4.72. The Hall–Kier alpha value is -3.60. The quantitative estimate of drug-likeness (QED) is 0.618. The number of rotatable bonds is 7. The van der Waals surface area contributed by atoms with Gasteiger partial charge in [0.1, 0.15) is 23.8 Å². The number of methoxy groups -OCH3 is 1. The molecule has 0 unspecified atom stereocenters. The highest BCUT2D eigenvalue weighted by Crippen LogP contribution is 2.27. The molecule has 0 atom stereocenters. The van der Waals surface area contributed by atoms with Gasteiger partial charge in [-0.05, 0) is 42.0 Å². The summed E-state index contributed by atoms with van der Waals surface area (Å²) in [5.41, 5.74) is 2.71. The molecule has 0 spiro atoms. The molecule has 0 fully saturated rings. The lowest BCUT2D eigenvalue weighted by molar-refractivity contribution is 0.0697. The smallest absolute Gasteiger partial charge is 0.335 e. The molecule has 3 aromatic rings. The number of ether oxygens (including phenoxy) is 2. The molecular formula is C22H19NO4. The second kappa shape index (κ2) is 8.67. The van der Waals surface area contributed by atoms with Crippen LogP contribution in [-0.2, 0) is 6.61 Å². The van der Waals surface area contributed by atoms with Crippen molar-refractivity contribution in [2.24, 2.45) is 4.99 Å². The second-order valence-electron chi connectivity index (χ2n) is 5.76. The summed E-state index contributed by atoms with van der Waals surface area (Å²) in [6.45, 7) is 0.333. The summed E-state index contributed by atoms with van der Waals surface area (Å²) < 4.78 is 11.2. The second-order valence-corrected chi connectivity index (χ2v) is 5.76. The standard InChI is InChI=1S/C22H19NO4/c1-26-21-9-5-3-7-19(21)23-14-18-6-2-4-8-20(18)27-15-16-10-12-17(13-11-16)22(24)25/h2-14H,15H2,1H3,(H,24,25). The van der Waals surface area contributed by atoms with Crippen LogP contribution in [0.5, 0.6) is 11.5 Å². The lowest BCUT2D eigenvalue weighted by atomic mass is 10.1. The van der Waals surface area contributed by atoms with Crippen LogP contribution in [0.25, 0.3) is 0 Å². The first-order chi connectivity index (χ1) is 13.2. The molecular weight excluding hydrogens is 342 g/mol. The first kappa shape index (κ1) is 18.2. The third-order valence-corrected chi connectivity index (χ3v) is 3.94. The molecule has 0 heterocycles. The molecule has 0 saturated carbocycles. The Balaban J connectivity index is 1.74. The maximum atomic E-state index is 10.9. The highest BCUT2D eigenvalue weighted by molar-refractivity contribution is 5.87. The minimum atomic E-state index is -0.944. The summed E-state index contributed by atoms with van der Waals surface area (Å²) >= 11 is 0. The molecule has 1 N–H and O–H groups in total. The Morgan fingerprint density at radius 3 is 2.33 bits per heavy atom. The van der Waals surface area contributed by atoms with Gasteiger partial charge in [-0.3, -0.25) is 4.99 Å². The molecule has 0 radical (unpaired) electrons. The molecule has 0 bridgehead atoms. The zero-order valence-corrected chi connectivity index (χ0v) is 14.8. The van der Waals surface area contributed by atoms with E-state index in [-0.39, 0.29) is 5.56 Å². The van der Waals surface area contributed by atoms with E-state index in [2.05, 4.69) is 4.99 Å². The van der Waals surface area contributed by atoms with Crippen LogP contribution in [0.1, 0.15) is 21.5 Å². The van der Waals surface area contributed by atoms with Gasteiger partial charge in [0.05, 0.1) is 12.7 Å². The molecule has 136 valence electrons. The summed E-state index contributed by atoms with van der Waals surface area (Å²) in [5.74, 6) is 0.449. The van der Waals surface area contributed by atoms with Gasteiger partial charge in [0.15, 0.2) is 0 Å². The van der Waals surface area contributed by atoms with Crippen molar-refractivity contribution in [2.75, 3.05) is 7.11 Å². The van der Waals surface area contributed by atoms with E-state index in [0.717, 1.165) is 16.8 Å². The Bertz CT molecular complexity index is 949. The minimum absolute atomic E-state index is 0.253. The van der Waals surface area contributed by atoms with Crippen molar-refractivity contribution in [1.82, 2.24) is 0 Å². The van der Waals surface area contributed by atoms with Crippen LogP contribution in [0.15, 0.2) is 77.8 Å². The van der Waals surface area contributed by atoms with Crippen molar-refractivity contribution < 1.29 is 19.4 Å². The molecule has 3 rings (SSSR count). The molecule has 0 aliphatic heterocycles. The first-order valence-corrected chi connectivity index (χ1v) is 8.38. The average Bonchev–Trinajstić information content (AvgIpc) is 2.71. The summed E-state index contributed by atoms with van der Waals surface area (Å²) in [7, 11) is 1.61. The maximum absolute atomic E-state index is 10.9. The van der Waals surface area contributed by atoms with E-state index in [1.54, 1.807) is 37.6 Å². The maximum Gasteiger partial charge on any atom is 0.335 e. The molecule has 5 heteroatoms. The van der Waals surface area contributed by atoms with Crippen LogP contribution in [0, 0.1) is 0 Å². The summed E-state index contributed by atoms with van der Waals surface area (Å²) in [6, 6.07) is 21.7. The molecule has 0 saturated heterocycles. The van der Waals surface area contributed by atoms with E-state index in [9.17, 15) is 4.79 Å². The number of carboxylic acid groups (broad SMARTS) is 1. The van der Waals surface area contributed by atoms with Gasteiger partial charge >= 0.3 is 5.97 Å². The van der Waals surface area contributed by atoms with Crippen molar-refractivity contribution >= 4 is 17.9 Å². The Morgan fingerprint density at radius 2 is 1.63 bits per heavy atom. The van der Waals surface area contributed by atoms with Gasteiger partial charge in [-0.15, -0.1) is 0 Å². The highest BCUT2D eigenvalue weighted by atomic mass is 16.5. The first-order valence-electron chi connectivity index (χ1n) is 8.38. The lowest BCUT2D eigenvalue weighted by Crippen LogP contribution is -2.00. The molecule has 0 amide bonds. The van der Waals surface area contributed by atoms with E-state index in [1.165, 1.54) is 0 Å². The van der Waals surface area contributed by atoms with E-state index in [0.29, 0.717) is 18.1 Å². The van der Waals surface area contributed by atoms with Gasteiger partial charge in [-0.1, -0.05) is 36.4 Å². The van der Waals surface area contributed by atoms with Gasteiger partial charge in [-0.2, -0.15) is 0 Å². The van der Waals surface area contributed by atoms with Crippen LogP contribution in [0.2, 0.25) is 0 Å². The summed E-state index contributed by atoms with van der Waals surface area (Å²) in [4.78, 5) is 15.4. The fourth-order valence-electron chi connectivity index (χ4n) is 2.50. The number of benzene rings is 3. The number of nitrogens with zero attached hydrogens (tertiary/aromatic N) is 1. The van der Waals surface area contributed by atoms with Crippen LogP contribution in [-0.4, -0.2) is 24.4 Å². The molecule has 0 aliphatic carbocycles. The number of hydrogen-bond acceptors (Lipinski definition) is 4. The fourth-order valence-corrected chi connectivity index (χ4v) is 2.50. The van der Waals surface area contributed by atoms with E-state index < -0.39 is 5.97 Å². The van der Waals surface area contributed by atoms with Crippen LogP contribution in [0.3, 0.4) is 0 Å². The van der Waals surface area contributed by atoms with Gasteiger partial charge < -0.3 is 14.6 Å². The fraction of sp³-hybridized carbons (Fsp3) is 0.0909. The van der Waals surface area contributed by atoms with Gasteiger partial charge in [-0.25, -0.2) is 4.79 Å². The third kappa shape index (κ3) is 4.73. The largest absolute Gasteiger partial charge is 0.494 e. The van der Waals surface area contributed by atoms with Crippen molar-refractivity contribution in [3.05, 3.63) is 89.5 Å². The average molecular weight is 361 g/mol. The summed E-state index contributed by atoms with van der Waals surface area (Å²) in [6.07, 6.45) is 1.74. The molecule has 5 nitrogen and oxygen atoms in total. The third-order valence-electron chi connectivity index (χ3n) is 3.94. The topological polar surface area (TPSA) is 68.1 Å². The van der Waals surface area contributed by atoms with Crippen molar-refractivity contribution in [3.63, 3.8) is 0 Å². The number of aromatic carboxylic acids is 1. The Morgan fingerprint density at radius 1 is 0.963 bits per heavy atom. The van der Waals surface area contributed by atoms with E-state index >= 15 is 0 Å².